The molecule has 0 N–H and O–H groups in total. The second kappa shape index (κ2) is 6.54. The molecular formula is C36H20BN. The number of para-hydroxylation sites is 1. The Bertz CT molecular complexity index is 2090. The quantitative estimate of drug-likeness (QED) is 0.223. The van der Waals surface area contributed by atoms with Crippen LogP contribution in [0.3, 0.4) is 0 Å². The van der Waals surface area contributed by atoms with Gasteiger partial charge >= 0.3 is 0 Å². The van der Waals surface area contributed by atoms with E-state index < -0.39 is 0 Å². The summed E-state index contributed by atoms with van der Waals surface area (Å²) >= 11 is 0. The number of nitrogens with zero attached hydrogens (tertiary/aromatic N) is 1. The summed E-state index contributed by atoms with van der Waals surface area (Å²) in [5.41, 5.74) is 13.6. The first-order valence-electron chi connectivity index (χ1n) is 13.4. The smallest absolute Gasteiger partial charge is 0.247 e. The van der Waals surface area contributed by atoms with Gasteiger partial charge in [0.05, 0.1) is 5.69 Å². The molecule has 0 atom stereocenters. The van der Waals surface area contributed by atoms with Crippen LogP contribution in [0.5, 0.6) is 0 Å². The lowest BCUT2D eigenvalue weighted by molar-refractivity contribution is 1.29. The molecule has 1 nitrogen and oxygen atoms in total. The minimum atomic E-state index is 0.157. The summed E-state index contributed by atoms with van der Waals surface area (Å²) in [5.74, 6) is 0. The number of hydrogen-bond donors (Lipinski definition) is 0. The van der Waals surface area contributed by atoms with Crippen molar-refractivity contribution in [3.63, 3.8) is 0 Å². The molecule has 3 aliphatic heterocycles. The molecule has 0 unspecified atom stereocenters. The topological polar surface area (TPSA) is 3.24 Å². The summed E-state index contributed by atoms with van der Waals surface area (Å²) in [7, 11) is 0. The van der Waals surface area contributed by atoms with Gasteiger partial charge in [0.2, 0.25) is 6.71 Å². The highest BCUT2D eigenvalue weighted by Crippen LogP contribution is 2.59. The van der Waals surface area contributed by atoms with Gasteiger partial charge in [-0.3, -0.25) is 0 Å². The van der Waals surface area contributed by atoms with Crippen molar-refractivity contribution in [1.29, 1.82) is 0 Å². The molecule has 7 aromatic carbocycles. The lowest BCUT2D eigenvalue weighted by Gasteiger charge is -2.45. The molecule has 0 spiro atoms. The van der Waals surface area contributed by atoms with Gasteiger partial charge in [-0.2, -0.15) is 0 Å². The first-order chi connectivity index (χ1) is 18.9. The average Bonchev–Trinajstić information content (AvgIpc) is 2.98. The van der Waals surface area contributed by atoms with Gasteiger partial charge in [0.25, 0.3) is 0 Å². The molecule has 0 fully saturated rings. The Morgan fingerprint density at radius 1 is 0.368 bits per heavy atom. The van der Waals surface area contributed by atoms with E-state index in [1.54, 1.807) is 0 Å². The summed E-state index contributed by atoms with van der Waals surface area (Å²) in [5, 5.41) is 8.00. The number of rotatable bonds is 1. The van der Waals surface area contributed by atoms with Crippen molar-refractivity contribution in [3.05, 3.63) is 121 Å². The van der Waals surface area contributed by atoms with Crippen molar-refractivity contribution in [2.75, 3.05) is 4.90 Å². The normalized spacial score (nSPS) is 13.7. The molecule has 172 valence electrons. The third-order valence-corrected chi connectivity index (χ3v) is 9.14. The zero-order valence-corrected chi connectivity index (χ0v) is 20.6. The first-order valence-corrected chi connectivity index (χ1v) is 13.4. The minimum Gasteiger partial charge on any atom is -0.309 e. The fourth-order valence-corrected chi connectivity index (χ4v) is 7.71. The maximum absolute atomic E-state index is 2.63. The van der Waals surface area contributed by atoms with Crippen LogP contribution < -0.4 is 21.3 Å². The van der Waals surface area contributed by atoms with E-state index in [1.165, 1.54) is 88.0 Å². The van der Waals surface area contributed by atoms with Crippen LogP contribution in [0.15, 0.2) is 121 Å². The standard InChI is InChI=1S/C36H20BN/c1-2-11-24-21(7-1)8-5-16-29(24)37-30-19-17-22-9-3-12-25-27-14-6-15-28-26-13-4-10-23-18-20-31(37)36(33(23)26)38(34(27)28)35(30)32(22)25/h1-20H. The molecule has 38 heavy (non-hydrogen) atoms. The molecule has 2 heteroatoms. The fourth-order valence-electron chi connectivity index (χ4n) is 7.71. The third-order valence-electron chi connectivity index (χ3n) is 9.14. The maximum Gasteiger partial charge on any atom is 0.247 e. The van der Waals surface area contributed by atoms with E-state index in [1.807, 2.05) is 0 Å². The molecular weight excluding hydrogens is 457 g/mol. The van der Waals surface area contributed by atoms with E-state index in [0.29, 0.717) is 0 Å². The van der Waals surface area contributed by atoms with Crippen LogP contribution in [0.4, 0.5) is 17.1 Å². The van der Waals surface area contributed by atoms with E-state index in [0.717, 1.165) is 0 Å². The second-order valence-electron chi connectivity index (χ2n) is 10.9. The molecule has 7 aromatic rings. The van der Waals surface area contributed by atoms with Crippen molar-refractivity contribution >= 4 is 72.5 Å². The zero-order chi connectivity index (χ0) is 24.5. The Labute approximate surface area is 220 Å². The average molecular weight is 477 g/mol. The number of benzene rings is 7. The Kier molecular flexibility index (Phi) is 3.32. The van der Waals surface area contributed by atoms with E-state index >= 15 is 0 Å². The van der Waals surface area contributed by atoms with Crippen LogP contribution in [0, 0.1) is 0 Å². The number of fused-ring (bicyclic) bond motifs is 3. The monoisotopic (exact) mass is 477 g/mol. The van der Waals surface area contributed by atoms with Crippen LogP contribution >= 0.6 is 0 Å². The lowest BCUT2D eigenvalue weighted by atomic mass is 9.34. The molecule has 10 rings (SSSR count). The van der Waals surface area contributed by atoms with Crippen LogP contribution in [0.25, 0.3) is 54.6 Å². The number of anilines is 3. The summed E-state index contributed by atoms with van der Waals surface area (Å²) in [6.07, 6.45) is 0. The van der Waals surface area contributed by atoms with Gasteiger partial charge in [-0.15, -0.1) is 0 Å². The van der Waals surface area contributed by atoms with E-state index in [9.17, 15) is 0 Å². The van der Waals surface area contributed by atoms with Crippen LogP contribution in [0.1, 0.15) is 0 Å². The summed E-state index contributed by atoms with van der Waals surface area (Å²) in [6, 6.07) is 45.6. The predicted octanol–water partition coefficient (Wildman–Crippen LogP) is 7.41. The summed E-state index contributed by atoms with van der Waals surface area (Å²) < 4.78 is 0. The molecule has 0 bridgehead atoms. The third kappa shape index (κ3) is 2.10. The predicted molar refractivity (Wildman–Crippen MR) is 163 cm³/mol. The van der Waals surface area contributed by atoms with E-state index in [2.05, 4.69) is 126 Å². The van der Waals surface area contributed by atoms with Crippen LogP contribution in [0.2, 0.25) is 0 Å². The Morgan fingerprint density at radius 3 is 1.58 bits per heavy atom. The van der Waals surface area contributed by atoms with Gasteiger partial charge < -0.3 is 4.90 Å². The van der Waals surface area contributed by atoms with Crippen molar-refractivity contribution in [3.8, 4) is 22.3 Å². The van der Waals surface area contributed by atoms with Gasteiger partial charge in [-0.25, -0.2) is 0 Å². The second-order valence-corrected chi connectivity index (χ2v) is 10.9. The van der Waals surface area contributed by atoms with Gasteiger partial charge in [0.1, 0.15) is 0 Å². The zero-order valence-electron chi connectivity index (χ0n) is 20.6. The van der Waals surface area contributed by atoms with Crippen molar-refractivity contribution < 1.29 is 0 Å². The van der Waals surface area contributed by atoms with Crippen molar-refractivity contribution in [2.24, 2.45) is 0 Å². The van der Waals surface area contributed by atoms with Gasteiger partial charge in [-0.1, -0.05) is 127 Å². The fraction of sp³-hybridized carbons (Fsp3) is 0. The van der Waals surface area contributed by atoms with Crippen LogP contribution in [-0.4, -0.2) is 6.71 Å². The molecule has 0 saturated heterocycles. The molecule has 0 radical (unpaired) electrons. The van der Waals surface area contributed by atoms with Gasteiger partial charge in [0, 0.05) is 33.3 Å². The largest absolute Gasteiger partial charge is 0.309 e. The molecule has 0 saturated carbocycles. The maximum atomic E-state index is 2.63. The molecule has 0 aliphatic carbocycles. The van der Waals surface area contributed by atoms with Crippen molar-refractivity contribution in [2.45, 2.75) is 0 Å². The van der Waals surface area contributed by atoms with Gasteiger partial charge in [-0.05, 0) is 43.6 Å². The van der Waals surface area contributed by atoms with Crippen molar-refractivity contribution in [1.82, 2.24) is 0 Å². The number of hydrogen-bond acceptors (Lipinski definition) is 1. The highest BCUT2D eigenvalue weighted by molar-refractivity contribution is 6.99. The van der Waals surface area contributed by atoms with Gasteiger partial charge in [0.15, 0.2) is 0 Å². The van der Waals surface area contributed by atoms with E-state index in [4.69, 9.17) is 0 Å². The minimum absolute atomic E-state index is 0.157. The highest BCUT2D eigenvalue weighted by Gasteiger charge is 2.43. The molecule has 3 aliphatic rings. The van der Waals surface area contributed by atoms with Crippen LogP contribution in [-0.2, 0) is 0 Å². The Balaban J connectivity index is 1.47. The summed E-state index contributed by atoms with van der Waals surface area (Å²) in [4.78, 5) is 2.63. The first kappa shape index (κ1) is 19.3. The lowest BCUT2D eigenvalue weighted by Crippen LogP contribution is -2.58. The summed E-state index contributed by atoms with van der Waals surface area (Å²) in [6.45, 7) is 0.157. The Morgan fingerprint density at radius 2 is 0.895 bits per heavy atom. The Hall–Kier alpha value is -4.82. The molecule has 0 amide bonds. The SMILES string of the molecule is c1cc2c3c(c1)-c1cccc4ccc5c(c14)N3c1c(ccc3cccc-2c13)B5c1cccc2ccccc12. The molecule has 3 heterocycles. The van der Waals surface area contributed by atoms with E-state index in [-0.39, 0.29) is 6.71 Å². The molecule has 0 aromatic heterocycles. The highest BCUT2D eigenvalue weighted by atomic mass is 15.2.